The minimum atomic E-state index is -3.81. The zero-order chi connectivity index (χ0) is 22.3. The Hall–Kier alpha value is -2.26. The molecule has 0 aliphatic rings. The van der Waals surface area contributed by atoms with Gasteiger partial charge in [-0.05, 0) is 42.2 Å². The van der Waals surface area contributed by atoms with E-state index in [1.165, 1.54) is 23.5 Å². The van der Waals surface area contributed by atoms with Gasteiger partial charge < -0.3 is 15.6 Å². The molecule has 2 aromatic carbocycles. The highest BCUT2D eigenvalue weighted by atomic mass is 32.2. The van der Waals surface area contributed by atoms with E-state index in [2.05, 4.69) is 0 Å². The maximum atomic E-state index is 13.2. The molecule has 0 fully saturated rings. The number of methoxy groups -OCH3 is 1. The summed E-state index contributed by atoms with van der Waals surface area (Å²) in [5, 5.41) is 10.6. The van der Waals surface area contributed by atoms with E-state index in [-0.39, 0.29) is 23.9 Å². The maximum Gasteiger partial charge on any atom is 0.243 e. The highest BCUT2D eigenvalue weighted by Gasteiger charge is 2.29. The maximum absolute atomic E-state index is 13.2. The van der Waals surface area contributed by atoms with Crippen molar-refractivity contribution in [1.82, 2.24) is 4.31 Å². The van der Waals surface area contributed by atoms with Gasteiger partial charge in [-0.25, -0.2) is 8.42 Å². The molecule has 3 N–H and O–H groups in total. The van der Waals surface area contributed by atoms with Crippen LogP contribution in [-0.2, 0) is 16.4 Å². The molecule has 30 heavy (non-hydrogen) atoms. The van der Waals surface area contributed by atoms with Gasteiger partial charge >= 0.3 is 0 Å². The van der Waals surface area contributed by atoms with Crippen LogP contribution in [0.25, 0.3) is 0 Å². The summed E-state index contributed by atoms with van der Waals surface area (Å²) in [5.74, 6) is 0.629. The molecule has 0 spiro atoms. The highest BCUT2D eigenvalue weighted by Crippen LogP contribution is 2.21. The summed E-state index contributed by atoms with van der Waals surface area (Å²) in [6.07, 6.45) is 0.0626. The van der Waals surface area contributed by atoms with Gasteiger partial charge in [-0.15, -0.1) is 0 Å². The van der Waals surface area contributed by atoms with Crippen LogP contribution in [0.1, 0.15) is 29.8 Å². The van der Waals surface area contributed by atoms with Crippen molar-refractivity contribution in [2.24, 2.45) is 11.7 Å². The first-order valence-corrected chi connectivity index (χ1v) is 11.2. The third-order valence-corrected chi connectivity index (χ3v) is 6.58. The Morgan fingerprint density at radius 1 is 1.07 bits per heavy atom. The van der Waals surface area contributed by atoms with E-state index in [4.69, 9.17) is 10.5 Å². The molecule has 7 nitrogen and oxygen atoms in total. The molecular weight excluding hydrogens is 404 g/mol. The highest BCUT2D eigenvalue weighted by molar-refractivity contribution is 7.89. The monoisotopic (exact) mass is 434 g/mol. The molecule has 8 heteroatoms. The van der Waals surface area contributed by atoms with Gasteiger partial charge in [0.2, 0.25) is 10.0 Å². The number of nitrogens with two attached hydrogens (primary N) is 1. The number of ether oxygens (including phenoxy) is 1. The van der Waals surface area contributed by atoms with Crippen LogP contribution in [0.15, 0.2) is 53.4 Å². The van der Waals surface area contributed by atoms with Gasteiger partial charge in [-0.1, -0.05) is 38.1 Å². The molecular formula is C22H30N2O5S. The van der Waals surface area contributed by atoms with Crippen molar-refractivity contribution in [3.05, 3.63) is 59.7 Å². The molecule has 0 unspecified atom stereocenters. The van der Waals surface area contributed by atoms with Crippen LogP contribution < -0.4 is 10.5 Å². The van der Waals surface area contributed by atoms with E-state index >= 15 is 0 Å². The van der Waals surface area contributed by atoms with E-state index in [0.29, 0.717) is 17.7 Å². The number of benzene rings is 2. The zero-order valence-corrected chi connectivity index (χ0v) is 18.4. The number of carbonyl (C=O) groups excluding carboxylic acids is 1. The summed E-state index contributed by atoms with van der Waals surface area (Å²) in [7, 11) is -2.30. The SMILES string of the molecule is COc1ccc(S(=O)(=O)N(CC(C)C)C[C@@H](O)[C@@H](N)Cc2ccc(C=O)cc2)cc1. The van der Waals surface area contributed by atoms with Crippen molar-refractivity contribution in [1.29, 1.82) is 0 Å². The Balaban J connectivity index is 2.15. The summed E-state index contributed by atoms with van der Waals surface area (Å²) < 4.78 is 32.7. The summed E-state index contributed by atoms with van der Waals surface area (Å²) in [5.41, 5.74) is 7.58. The lowest BCUT2D eigenvalue weighted by Crippen LogP contribution is -2.47. The fourth-order valence-electron chi connectivity index (χ4n) is 3.06. The first kappa shape index (κ1) is 24.0. The lowest BCUT2D eigenvalue weighted by molar-refractivity contribution is 0.112. The van der Waals surface area contributed by atoms with Crippen molar-refractivity contribution in [3.63, 3.8) is 0 Å². The first-order valence-electron chi connectivity index (χ1n) is 9.79. The van der Waals surface area contributed by atoms with Crippen molar-refractivity contribution < 1.29 is 23.1 Å². The van der Waals surface area contributed by atoms with Gasteiger partial charge in [0, 0.05) is 24.7 Å². The van der Waals surface area contributed by atoms with Crippen LogP contribution in [0.4, 0.5) is 0 Å². The number of aliphatic hydroxyl groups excluding tert-OH is 1. The molecule has 0 aromatic heterocycles. The average molecular weight is 435 g/mol. The van der Waals surface area contributed by atoms with Crippen molar-refractivity contribution in [2.45, 2.75) is 37.3 Å². The molecule has 0 radical (unpaired) electrons. The number of aliphatic hydroxyl groups is 1. The molecule has 2 rings (SSSR count). The number of carbonyl (C=O) groups is 1. The number of rotatable bonds is 11. The Morgan fingerprint density at radius 3 is 2.17 bits per heavy atom. The summed E-state index contributed by atoms with van der Waals surface area (Å²) in [4.78, 5) is 10.9. The van der Waals surface area contributed by atoms with Crippen LogP contribution in [0.5, 0.6) is 5.75 Å². The van der Waals surface area contributed by atoms with E-state index in [1.54, 1.807) is 36.4 Å². The second-order valence-corrected chi connectivity index (χ2v) is 9.62. The van der Waals surface area contributed by atoms with E-state index in [1.807, 2.05) is 13.8 Å². The lowest BCUT2D eigenvalue weighted by Gasteiger charge is -2.28. The van der Waals surface area contributed by atoms with E-state index in [9.17, 15) is 18.3 Å². The number of hydrogen-bond acceptors (Lipinski definition) is 6. The van der Waals surface area contributed by atoms with E-state index < -0.39 is 22.2 Å². The third kappa shape index (κ3) is 6.37. The van der Waals surface area contributed by atoms with Gasteiger partial charge in [-0.3, -0.25) is 4.79 Å². The second kappa shape index (κ2) is 10.7. The van der Waals surface area contributed by atoms with Gasteiger partial charge in [0.15, 0.2) is 0 Å². The molecule has 2 atom stereocenters. The fourth-order valence-corrected chi connectivity index (χ4v) is 4.68. The number of hydrogen-bond donors (Lipinski definition) is 2. The summed E-state index contributed by atoms with van der Waals surface area (Å²) >= 11 is 0. The Kier molecular flexibility index (Phi) is 8.54. The summed E-state index contributed by atoms with van der Waals surface area (Å²) in [6, 6.07) is 12.4. The minimum absolute atomic E-state index is 0.0670. The third-order valence-electron chi connectivity index (χ3n) is 4.74. The van der Waals surface area contributed by atoms with Crippen LogP contribution in [0, 0.1) is 5.92 Å². The molecule has 2 aromatic rings. The quantitative estimate of drug-likeness (QED) is 0.524. The standard InChI is InChI=1S/C22H30N2O5S/c1-16(2)13-24(30(27,28)20-10-8-19(29-3)9-11-20)14-22(26)21(23)12-17-4-6-18(15-25)7-5-17/h4-11,15-16,21-22,26H,12-14,23H2,1-3H3/t21-,22+/m0/s1. The molecule has 0 bridgehead atoms. The molecule has 0 aliphatic heterocycles. The zero-order valence-electron chi connectivity index (χ0n) is 17.6. The van der Waals surface area contributed by atoms with Crippen LogP contribution in [0.2, 0.25) is 0 Å². The molecule has 0 saturated carbocycles. The normalized spacial score (nSPS) is 14.0. The second-order valence-electron chi connectivity index (χ2n) is 7.69. The van der Waals surface area contributed by atoms with Gasteiger partial charge in [0.25, 0.3) is 0 Å². The topological polar surface area (TPSA) is 110 Å². The number of nitrogens with zero attached hydrogens (tertiary/aromatic N) is 1. The molecule has 0 amide bonds. The smallest absolute Gasteiger partial charge is 0.243 e. The van der Waals surface area contributed by atoms with Crippen molar-refractivity contribution in [3.8, 4) is 5.75 Å². The predicted octanol–water partition coefficient (Wildman–Crippen LogP) is 2.09. The van der Waals surface area contributed by atoms with E-state index in [0.717, 1.165) is 11.8 Å². The van der Waals surface area contributed by atoms with Crippen LogP contribution in [0.3, 0.4) is 0 Å². The molecule has 164 valence electrons. The Labute approximate surface area is 178 Å². The fraction of sp³-hybridized carbons (Fsp3) is 0.409. The average Bonchev–Trinajstić information content (AvgIpc) is 2.73. The van der Waals surface area contributed by atoms with Crippen LogP contribution >= 0.6 is 0 Å². The lowest BCUT2D eigenvalue weighted by atomic mass is 10.0. The molecule has 0 saturated heterocycles. The van der Waals surface area contributed by atoms with Gasteiger partial charge in [-0.2, -0.15) is 4.31 Å². The predicted molar refractivity (Wildman–Crippen MR) is 116 cm³/mol. The summed E-state index contributed by atoms with van der Waals surface area (Å²) in [6.45, 7) is 3.97. The molecule has 0 aliphatic carbocycles. The Morgan fingerprint density at radius 2 is 1.67 bits per heavy atom. The Bertz CT molecular complexity index is 912. The largest absolute Gasteiger partial charge is 0.497 e. The minimum Gasteiger partial charge on any atom is -0.497 e. The number of aldehydes is 1. The first-order chi connectivity index (χ1) is 14.2. The van der Waals surface area contributed by atoms with Crippen LogP contribution in [-0.4, -0.2) is 56.5 Å². The number of sulfonamides is 1. The van der Waals surface area contributed by atoms with Crippen molar-refractivity contribution >= 4 is 16.3 Å². The van der Waals surface area contributed by atoms with Gasteiger partial charge in [0.05, 0.1) is 18.1 Å². The van der Waals surface area contributed by atoms with Gasteiger partial charge in [0.1, 0.15) is 12.0 Å². The molecule has 0 heterocycles. The van der Waals surface area contributed by atoms with Crippen molar-refractivity contribution in [2.75, 3.05) is 20.2 Å².